The van der Waals surface area contributed by atoms with Crippen molar-refractivity contribution in [3.63, 3.8) is 0 Å². The van der Waals surface area contributed by atoms with E-state index in [4.69, 9.17) is 21.1 Å². The Hall–Kier alpha value is -1.46. The van der Waals surface area contributed by atoms with Gasteiger partial charge in [0.2, 0.25) is 5.88 Å². The Morgan fingerprint density at radius 2 is 1.75 bits per heavy atom. The van der Waals surface area contributed by atoms with Crippen LogP contribution < -0.4 is 9.47 Å². The van der Waals surface area contributed by atoms with Crippen LogP contribution in [-0.2, 0) is 12.4 Å². The summed E-state index contributed by atoms with van der Waals surface area (Å²) < 4.78 is 88.4. The van der Waals surface area contributed by atoms with Gasteiger partial charge in [-0.25, -0.2) is 4.98 Å². The van der Waals surface area contributed by atoms with Crippen molar-refractivity contribution in [1.29, 1.82) is 0 Å². The van der Waals surface area contributed by atoms with E-state index in [1.54, 1.807) is 0 Å². The van der Waals surface area contributed by atoms with E-state index in [2.05, 4.69) is 36.8 Å². The van der Waals surface area contributed by atoms with Gasteiger partial charge in [0.1, 0.15) is 28.7 Å². The highest BCUT2D eigenvalue weighted by molar-refractivity contribution is 9.28. The molecule has 0 fully saturated rings. The van der Waals surface area contributed by atoms with Crippen molar-refractivity contribution in [2.45, 2.75) is 12.4 Å². The van der Waals surface area contributed by atoms with Crippen LogP contribution in [-0.4, -0.2) is 11.6 Å². The number of rotatable bonds is 5. The van der Waals surface area contributed by atoms with Gasteiger partial charge in [0, 0.05) is 6.20 Å². The normalized spacial score (nSPS) is 11.9. The van der Waals surface area contributed by atoms with Crippen LogP contribution in [0, 0.1) is 0 Å². The molecule has 0 saturated carbocycles. The van der Waals surface area contributed by atoms with E-state index in [1.807, 2.05) is 0 Å². The average Bonchev–Trinajstić information content (AvgIpc) is 2.55. The maximum Gasteiger partial charge on any atom is 0.420 e. The Labute approximate surface area is 176 Å². The maximum absolute atomic E-state index is 13.3. The number of benzene rings is 1. The van der Waals surface area contributed by atoms with Gasteiger partial charge in [-0.3, -0.25) is 0 Å². The highest BCUT2D eigenvalue weighted by atomic mass is 79.9. The Morgan fingerprint density at radius 1 is 1.07 bits per heavy atom. The van der Waals surface area contributed by atoms with Gasteiger partial charge in [-0.2, -0.15) is 26.3 Å². The van der Waals surface area contributed by atoms with E-state index in [9.17, 15) is 26.3 Å². The molecule has 0 saturated heterocycles. The molecule has 0 unspecified atom stereocenters. The standard InChI is InChI=1S/C16H8Br2ClF6NO2/c17-13(18)3-4-27-12-2-1-9(6-10(12)16(23,24)25)28-14-11(19)5-8(7-26-14)15(20,21)22/h1-3,5-7H,4H2. The van der Waals surface area contributed by atoms with Gasteiger partial charge in [-0.1, -0.05) is 11.6 Å². The first kappa shape index (κ1) is 22.8. The summed E-state index contributed by atoms with van der Waals surface area (Å²) in [4.78, 5) is 3.42. The van der Waals surface area contributed by atoms with Gasteiger partial charge in [0.05, 0.1) is 8.96 Å². The second kappa shape index (κ2) is 8.91. The fraction of sp³-hybridized carbons (Fsp3) is 0.188. The van der Waals surface area contributed by atoms with Gasteiger partial charge in [-0.05, 0) is 62.2 Å². The molecular weight excluding hydrogens is 547 g/mol. The number of ether oxygens (including phenoxy) is 2. The second-order valence-electron chi connectivity index (χ2n) is 5.07. The summed E-state index contributed by atoms with van der Waals surface area (Å²) in [6, 6.07) is 3.37. The third-order valence-electron chi connectivity index (χ3n) is 3.08. The highest BCUT2D eigenvalue weighted by Crippen LogP contribution is 2.40. The van der Waals surface area contributed by atoms with Crippen LogP contribution in [0.5, 0.6) is 17.4 Å². The molecule has 0 N–H and O–H groups in total. The maximum atomic E-state index is 13.3. The van der Waals surface area contributed by atoms with E-state index in [-0.39, 0.29) is 12.4 Å². The SMILES string of the molecule is FC(F)(F)c1cnc(Oc2ccc(OCC=C(Br)Br)c(C(F)(F)F)c2)c(Cl)c1. The minimum absolute atomic E-state index is 0.151. The molecule has 152 valence electrons. The minimum Gasteiger partial charge on any atom is -0.489 e. The van der Waals surface area contributed by atoms with Crippen LogP contribution in [0.2, 0.25) is 5.02 Å². The molecule has 0 aliphatic carbocycles. The Balaban J connectivity index is 2.31. The van der Waals surface area contributed by atoms with Crippen LogP contribution in [0.4, 0.5) is 26.3 Å². The zero-order chi connectivity index (χ0) is 21.1. The van der Waals surface area contributed by atoms with Crippen molar-refractivity contribution in [3.05, 3.63) is 56.1 Å². The van der Waals surface area contributed by atoms with Gasteiger partial charge in [0.25, 0.3) is 0 Å². The topological polar surface area (TPSA) is 31.4 Å². The molecule has 0 aliphatic heterocycles. The number of alkyl halides is 6. The number of hydrogen-bond acceptors (Lipinski definition) is 3. The molecule has 2 rings (SSSR count). The zero-order valence-corrected chi connectivity index (χ0v) is 17.3. The van der Waals surface area contributed by atoms with E-state index in [0.717, 1.165) is 12.1 Å². The third kappa shape index (κ3) is 6.28. The summed E-state index contributed by atoms with van der Waals surface area (Å²) in [6.45, 7) is -0.151. The van der Waals surface area contributed by atoms with E-state index in [1.165, 1.54) is 6.08 Å². The quantitative estimate of drug-likeness (QED) is 0.357. The fourth-order valence-corrected chi connectivity index (χ4v) is 2.35. The number of halogens is 9. The van der Waals surface area contributed by atoms with E-state index < -0.39 is 40.1 Å². The smallest absolute Gasteiger partial charge is 0.420 e. The molecule has 28 heavy (non-hydrogen) atoms. The monoisotopic (exact) mass is 553 g/mol. The first-order chi connectivity index (χ1) is 12.9. The lowest BCUT2D eigenvalue weighted by molar-refractivity contribution is -0.139. The summed E-state index contributed by atoms with van der Waals surface area (Å²) in [5, 5.41) is -0.504. The number of pyridine rings is 1. The average molecular weight is 555 g/mol. The molecule has 1 aromatic heterocycles. The Morgan fingerprint density at radius 3 is 2.29 bits per heavy atom. The Kier molecular flexibility index (Phi) is 7.27. The van der Waals surface area contributed by atoms with Crippen LogP contribution in [0.15, 0.2) is 39.9 Å². The van der Waals surface area contributed by atoms with Gasteiger partial charge < -0.3 is 9.47 Å². The zero-order valence-electron chi connectivity index (χ0n) is 13.3. The molecule has 12 heteroatoms. The molecule has 0 amide bonds. The van der Waals surface area contributed by atoms with Crippen molar-refractivity contribution >= 4 is 43.5 Å². The molecule has 1 heterocycles. The summed E-state index contributed by atoms with van der Waals surface area (Å²) in [5.41, 5.74) is -2.25. The lowest BCUT2D eigenvalue weighted by atomic mass is 10.2. The van der Waals surface area contributed by atoms with E-state index in [0.29, 0.717) is 21.7 Å². The lowest BCUT2D eigenvalue weighted by Crippen LogP contribution is -2.09. The van der Waals surface area contributed by atoms with Crippen LogP contribution in [0.25, 0.3) is 0 Å². The third-order valence-corrected chi connectivity index (χ3v) is 4.00. The molecule has 0 bridgehead atoms. The molecule has 0 spiro atoms. The van der Waals surface area contributed by atoms with Gasteiger partial charge >= 0.3 is 12.4 Å². The summed E-state index contributed by atoms with van der Waals surface area (Å²) in [5.74, 6) is -1.25. The fourth-order valence-electron chi connectivity index (χ4n) is 1.88. The van der Waals surface area contributed by atoms with Crippen LogP contribution in [0.1, 0.15) is 11.1 Å². The molecule has 1 aromatic carbocycles. The molecular formula is C16H8Br2ClF6NO2. The van der Waals surface area contributed by atoms with Crippen molar-refractivity contribution in [2.75, 3.05) is 6.61 Å². The van der Waals surface area contributed by atoms with Crippen molar-refractivity contribution in [1.82, 2.24) is 4.98 Å². The molecule has 0 radical (unpaired) electrons. The van der Waals surface area contributed by atoms with Gasteiger partial charge in [-0.15, -0.1) is 0 Å². The van der Waals surface area contributed by atoms with Crippen molar-refractivity contribution in [2.24, 2.45) is 0 Å². The summed E-state index contributed by atoms with van der Waals surface area (Å²) in [6.07, 6.45) is -7.53. The molecule has 0 atom stereocenters. The highest BCUT2D eigenvalue weighted by Gasteiger charge is 2.35. The van der Waals surface area contributed by atoms with Crippen LogP contribution >= 0.6 is 43.5 Å². The lowest BCUT2D eigenvalue weighted by Gasteiger charge is -2.15. The van der Waals surface area contributed by atoms with Crippen molar-refractivity contribution in [3.8, 4) is 17.4 Å². The van der Waals surface area contributed by atoms with E-state index >= 15 is 0 Å². The Bertz CT molecular complexity index is 882. The summed E-state index contributed by atoms with van der Waals surface area (Å²) >= 11 is 11.8. The first-order valence-electron chi connectivity index (χ1n) is 7.13. The van der Waals surface area contributed by atoms with Crippen molar-refractivity contribution < 1.29 is 35.8 Å². The second-order valence-corrected chi connectivity index (χ2v) is 8.25. The largest absolute Gasteiger partial charge is 0.489 e. The summed E-state index contributed by atoms with van der Waals surface area (Å²) in [7, 11) is 0. The minimum atomic E-state index is -4.76. The molecule has 3 nitrogen and oxygen atoms in total. The van der Waals surface area contributed by atoms with Crippen LogP contribution in [0.3, 0.4) is 0 Å². The number of aromatic nitrogens is 1. The predicted octanol–water partition coefficient (Wildman–Crippen LogP) is 7.57. The number of nitrogens with zero attached hydrogens (tertiary/aromatic N) is 1. The predicted molar refractivity (Wildman–Crippen MR) is 97.2 cm³/mol. The first-order valence-corrected chi connectivity index (χ1v) is 9.10. The number of hydrogen-bond donors (Lipinski definition) is 0. The van der Waals surface area contributed by atoms with Gasteiger partial charge in [0.15, 0.2) is 0 Å². The molecule has 2 aromatic rings. The molecule has 0 aliphatic rings.